The number of nitrogens with two attached hydrogens (primary N) is 1. The van der Waals surface area contributed by atoms with Gasteiger partial charge in [0.1, 0.15) is 0 Å². The van der Waals surface area contributed by atoms with Crippen LogP contribution in [0.15, 0.2) is 42.5 Å². The molecule has 3 nitrogen and oxygen atoms in total. The van der Waals surface area contributed by atoms with E-state index in [2.05, 4.69) is 24.4 Å². The van der Waals surface area contributed by atoms with Crippen molar-refractivity contribution in [2.24, 2.45) is 0 Å². The minimum atomic E-state index is 0.620. The SMILES string of the molecule is Cc1ccc(Nc2ccc(N)c(C=N)c2)cc1. The first-order chi connectivity index (χ1) is 8.19. The second kappa shape index (κ2) is 4.70. The molecule has 0 heterocycles. The minimum absolute atomic E-state index is 0.620. The number of anilines is 3. The van der Waals surface area contributed by atoms with Crippen molar-refractivity contribution in [1.82, 2.24) is 0 Å². The van der Waals surface area contributed by atoms with Crippen molar-refractivity contribution in [3.8, 4) is 0 Å². The van der Waals surface area contributed by atoms with E-state index in [1.54, 1.807) is 6.07 Å². The summed E-state index contributed by atoms with van der Waals surface area (Å²) in [5, 5.41) is 10.5. The van der Waals surface area contributed by atoms with Crippen molar-refractivity contribution < 1.29 is 0 Å². The van der Waals surface area contributed by atoms with Gasteiger partial charge in [0, 0.05) is 28.8 Å². The van der Waals surface area contributed by atoms with Gasteiger partial charge in [-0.15, -0.1) is 0 Å². The highest BCUT2D eigenvalue weighted by Gasteiger charge is 1.99. The van der Waals surface area contributed by atoms with Gasteiger partial charge >= 0.3 is 0 Å². The number of hydrogen-bond acceptors (Lipinski definition) is 3. The summed E-state index contributed by atoms with van der Waals surface area (Å²) in [4.78, 5) is 0. The summed E-state index contributed by atoms with van der Waals surface area (Å²) in [6.45, 7) is 2.06. The molecule has 2 aromatic rings. The van der Waals surface area contributed by atoms with E-state index in [-0.39, 0.29) is 0 Å². The molecule has 0 amide bonds. The summed E-state index contributed by atoms with van der Waals surface area (Å²) in [5.41, 5.74) is 10.3. The molecule has 86 valence electrons. The van der Waals surface area contributed by atoms with Crippen LogP contribution in [0.4, 0.5) is 17.1 Å². The van der Waals surface area contributed by atoms with Gasteiger partial charge in [0.05, 0.1) is 0 Å². The average Bonchev–Trinajstić information content (AvgIpc) is 2.34. The third kappa shape index (κ3) is 2.64. The molecule has 0 unspecified atom stereocenters. The summed E-state index contributed by atoms with van der Waals surface area (Å²) in [5.74, 6) is 0. The minimum Gasteiger partial charge on any atom is -0.398 e. The van der Waals surface area contributed by atoms with E-state index in [0.29, 0.717) is 5.69 Å². The molecule has 4 N–H and O–H groups in total. The molecule has 17 heavy (non-hydrogen) atoms. The van der Waals surface area contributed by atoms with Crippen molar-refractivity contribution in [3.05, 3.63) is 53.6 Å². The number of benzene rings is 2. The third-order valence-electron chi connectivity index (χ3n) is 2.58. The van der Waals surface area contributed by atoms with E-state index in [4.69, 9.17) is 11.1 Å². The topological polar surface area (TPSA) is 61.9 Å². The van der Waals surface area contributed by atoms with Gasteiger partial charge in [0.25, 0.3) is 0 Å². The first-order valence-electron chi connectivity index (χ1n) is 5.43. The Balaban J connectivity index is 2.24. The van der Waals surface area contributed by atoms with Crippen LogP contribution in [0.25, 0.3) is 0 Å². The fourth-order valence-corrected chi connectivity index (χ4v) is 1.58. The van der Waals surface area contributed by atoms with Crippen LogP contribution >= 0.6 is 0 Å². The normalized spacial score (nSPS) is 9.94. The highest BCUT2D eigenvalue weighted by atomic mass is 14.9. The van der Waals surface area contributed by atoms with Crippen molar-refractivity contribution in [1.29, 1.82) is 5.41 Å². The molecule has 0 saturated carbocycles. The number of rotatable bonds is 3. The van der Waals surface area contributed by atoms with Gasteiger partial charge in [-0.05, 0) is 37.3 Å². The van der Waals surface area contributed by atoms with Crippen LogP contribution in [0.2, 0.25) is 0 Å². The summed E-state index contributed by atoms with van der Waals surface area (Å²) < 4.78 is 0. The van der Waals surface area contributed by atoms with Gasteiger partial charge in [-0.25, -0.2) is 0 Å². The van der Waals surface area contributed by atoms with Gasteiger partial charge in [0.15, 0.2) is 0 Å². The van der Waals surface area contributed by atoms with Crippen LogP contribution in [0.5, 0.6) is 0 Å². The Labute approximate surface area is 101 Å². The molecule has 0 aromatic heterocycles. The third-order valence-corrected chi connectivity index (χ3v) is 2.58. The first-order valence-corrected chi connectivity index (χ1v) is 5.43. The van der Waals surface area contributed by atoms with Gasteiger partial charge in [-0.2, -0.15) is 0 Å². The molecule has 0 atom stereocenters. The lowest BCUT2D eigenvalue weighted by molar-refractivity contribution is 1.45. The quantitative estimate of drug-likeness (QED) is 0.554. The van der Waals surface area contributed by atoms with Crippen LogP contribution in [-0.4, -0.2) is 6.21 Å². The maximum Gasteiger partial charge on any atom is 0.0404 e. The van der Waals surface area contributed by atoms with Crippen LogP contribution in [0.3, 0.4) is 0 Å². The molecule has 0 fully saturated rings. The van der Waals surface area contributed by atoms with Gasteiger partial charge in [0.2, 0.25) is 0 Å². The molecule has 0 aliphatic carbocycles. The lowest BCUT2D eigenvalue weighted by atomic mass is 10.1. The molecule has 2 rings (SSSR count). The maximum absolute atomic E-state index is 7.26. The van der Waals surface area contributed by atoms with E-state index in [0.717, 1.165) is 16.9 Å². The Morgan fingerprint density at radius 2 is 1.71 bits per heavy atom. The van der Waals surface area contributed by atoms with E-state index < -0.39 is 0 Å². The molecule has 0 spiro atoms. The van der Waals surface area contributed by atoms with E-state index >= 15 is 0 Å². The van der Waals surface area contributed by atoms with Gasteiger partial charge < -0.3 is 16.5 Å². The van der Waals surface area contributed by atoms with E-state index in [1.165, 1.54) is 11.8 Å². The van der Waals surface area contributed by atoms with Crippen LogP contribution in [-0.2, 0) is 0 Å². The average molecular weight is 225 g/mol. The molecule has 0 aliphatic rings. The second-order valence-electron chi connectivity index (χ2n) is 3.98. The number of hydrogen-bond donors (Lipinski definition) is 3. The van der Waals surface area contributed by atoms with E-state index in [9.17, 15) is 0 Å². The standard InChI is InChI=1S/C14H15N3/c1-10-2-4-12(5-3-10)17-13-6-7-14(16)11(8-13)9-15/h2-9,15,17H,16H2,1H3. The second-order valence-corrected chi connectivity index (χ2v) is 3.98. The van der Waals surface area contributed by atoms with Crippen molar-refractivity contribution in [2.75, 3.05) is 11.1 Å². The predicted molar refractivity (Wildman–Crippen MR) is 73.2 cm³/mol. The highest BCUT2D eigenvalue weighted by molar-refractivity contribution is 5.87. The molecular formula is C14H15N3. The lowest BCUT2D eigenvalue weighted by Gasteiger charge is -2.08. The summed E-state index contributed by atoms with van der Waals surface area (Å²) in [7, 11) is 0. The summed E-state index contributed by atoms with van der Waals surface area (Å²) in [6, 6.07) is 13.7. The zero-order chi connectivity index (χ0) is 12.3. The Kier molecular flexibility index (Phi) is 3.10. The highest BCUT2D eigenvalue weighted by Crippen LogP contribution is 2.20. The van der Waals surface area contributed by atoms with Crippen LogP contribution in [0, 0.1) is 12.3 Å². The molecule has 3 heteroatoms. The van der Waals surface area contributed by atoms with Crippen LogP contribution in [0.1, 0.15) is 11.1 Å². The molecular weight excluding hydrogens is 210 g/mol. The van der Waals surface area contributed by atoms with Gasteiger partial charge in [-0.3, -0.25) is 0 Å². The predicted octanol–water partition coefficient (Wildman–Crippen LogP) is 3.32. The molecule has 0 aliphatic heterocycles. The fraction of sp³-hybridized carbons (Fsp3) is 0.0714. The Morgan fingerprint density at radius 1 is 1.06 bits per heavy atom. The fourth-order valence-electron chi connectivity index (χ4n) is 1.58. The summed E-state index contributed by atoms with van der Waals surface area (Å²) >= 11 is 0. The van der Waals surface area contributed by atoms with Crippen molar-refractivity contribution >= 4 is 23.3 Å². The molecule has 0 saturated heterocycles. The zero-order valence-electron chi connectivity index (χ0n) is 9.70. The van der Waals surface area contributed by atoms with Crippen LogP contribution < -0.4 is 11.1 Å². The number of aryl methyl sites for hydroxylation is 1. The Morgan fingerprint density at radius 3 is 2.35 bits per heavy atom. The smallest absolute Gasteiger partial charge is 0.0404 e. The number of nitrogen functional groups attached to an aromatic ring is 1. The molecule has 0 bridgehead atoms. The lowest BCUT2D eigenvalue weighted by Crippen LogP contribution is -1.96. The maximum atomic E-state index is 7.26. The Bertz CT molecular complexity index is 530. The Hall–Kier alpha value is -2.29. The van der Waals surface area contributed by atoms with Crippen molar-refractivity contribution in [2.45, 2.75) is 6.92 Å². The van der Waals surface area contributed by atoms with E-state index in [1.807, 2.05) is 24.3 Å². The zero-order valence-corrected chi connectivity index (χ0v) is 9.70. The van der Waals surface area contributed by atoms with Gasteiger partial charge in [-0.1, -0.05) is 17.7 Å². The van der Waals surface area contributed by atoms with Crippen molar-refractivity contribution in [3.63, 3.8) is 0 Å². The number of nitrogens with one attached hydrogen (secondary N) is 2. The molecule has 0 radical (unpaired) electrons. The summed E-state index contributed by atoms with van der Waals surface area (Å²) in [6.07, 6.45) is 1.26. The monoisotopic (exact) mass is 225 g/mol. The largest absolute Gasteiger partial charge is 0.398 e. The molecule has 2 aromatic carbocycles. The first kappa shape index (κ1) is 11.2.